The first-order valence-corrected chi connectivity index (χ1v) is 10.6. The molecule has 0 unspecified atom stereocenters. The van der Waals surface area contributed by atoms with E-state index in [0.717, 1.165) is 63.5 Å². The number of pyridine rings is 1. The van der Waals surface area contributed by atoms with Crippen molar-refractivity contribution in [2.75, 3.05) is 26.2 Å². The fourth-order valence-corrected chi connectivity index (χ4v) is 4.59. The van der Waals surface area contributed by atoms with Crippen molar-refractivity contribution in [3.8, 4) is 0 Å². The number of aromatic nitrogens is 3. The number of carbonyl (C=O) groups excluding carboxylic acids is 1. The predicted molar refractivity (Wildman–Crippen MR) is 109 cm³/mol. The van der Waals surface area contributed by atoms with E-state index in [0.29, 0.717) is 17.7 Å². The van der Waals surface area contributed by atoms with Gasteiger partial charge in [0.05, 0.1) is 5.69 Å². The van der Waals surface area contributed by atoms with E-state index in [2.05, 4.69) is 39.1 Å². The Morgan fingerprint density at radius 3 is 2.68 bits per heavy atom. The summed E-state index contributed by atoms with van der Waals surface area (Å²) in [4.78, 5) is 21.5. The summed E-state index contributed by atoms with van der Waals surface area (Å²) in [6.45, 7) is 7.87. The Bertz CT molecular complexity index is 779. The van der Waals surface area contributed by atoms with Gasteiger partial charge in [-0.15, -0.1) is 0 Å². The van der Waals surface area contributed by atoms with Crippen molar-refractivity contribution in [1.82, 2.24) is 24.6 Å². The average Bonchev–Trinajstić information content (AvgIpc) is 3.19. The SMILES string of the molecule is CCn1ccc(CN2CCC3(CCC(=O)N(CCc4ccccn4)C3)CC2)n1. The van der Waals surface area contributed by atoms with Gasteiger partial charge in [0.15, 0.2) is 0 Å². The van der Waals surface area contributed by atoms with E-state index in [-0.39, 0.29) is 0 Å². The van der Waals surface area contributed by atoms with Crippen molar-refractivity contribution < 1.29 is 4.79 Å². The Balaban J connectivity index is 1.30. The fourth-order valence-electron chi connectivity index (χ4n) is 4.59. The van der Waals surface area contributed by atoms with E-state index in [1.807, 2.05) is 29.1 Å². The highest BCUT2D eigenvalue weighted by Gasteiger charge is 2.40. The van der Waals surface area contributed by atoms with E-state index < -0.39 is 0 Å². The fraction of sp³-hybridized carbons (Fsp3) is 0.591. The van der Waals surface area contributed by atoms with Crippen LogP contribution in [0.3, 0.4) is 0 Å². The molecule has 28 heavy (non-hydrogen) atoms. The van der Waals surface area contributed by atoms with Gasteiger partial charge in [0, 0.05) is 57.1 Å². The van der Waals surface area contributed by atoms with Crippen LogP contribution in [-0.2, 0) is 24.3 Å². The van der Waals surface area contributed by atoms with Gasteiger partial charge < -0.3 is 4.90 Å². The zero-order chi connectivity index (χ0) is 19.4. The van der Waals surface area contributed by atoms with Crippen LogP contribution in [0.15, 0.2) is 36.7 Å². The summed E-state index contributed by atoms with van der Waals surface area (Å²) in [7, 11) is 0. The number of rotatable bonds is 6. The maximum Gasteiger partial charge on any atom is 0.222 e. The number of likely N-dealkylation sites (tertiary alicyclic amines) is 2. The molecule has 4 heterocycles. The molecule has 150 valence electrons. The lowest BCUT2D eigenvalue weighted by Gasteiger charge is -2.47. The van der Waals surface area contributed by atoms with E-state index in [4.69, 9.17) is 0 Å². The number of hydrogen-bond donors (Lipinski definition) is 0. The van der Waals surface area contributed by atoms with Crippen LogP contribution in [0.1, 0.15) is 44.0 Å². The average molecular weight is 382 g/mol. The monoisotopic (exact) mass is 381 g/mol. The molecule has 1 amide bonds. The molecule has 2 aliphatic rings. The van der Waals surface area contributed by atoms with E-state index in [9.17, 15) is 4.79 Å². The van der Waals surface area contributed by atoms with Gasteiger partial charge in [-0.3, -0.25) is 19.4 Å². The van der Waals surface area contributed by atoms with E-state index in [1.54, 1.807) is 0 Å². The highest BCUT2D eigenvalue weighted by Crippen LogP contribution is 2.40. The smallest absolute Gasteiger partial charge is 0.222 e. The summed E-state index contributed by atoms with van der Waals surface area (Å²) in [5, 5.41) is 4.62. The molecule has 2 saturated heterocycles. The van der Waals surface area contributed by atoms with Gasteiger partial charge in [-0.25, -0.2) is 0 Å². The second kappa shape index (κ2) is 8.43. The third-order valence-corrected chi connectivity index (χ3v) is 6.43. The minimum Gasteiger partial charge on any atom is -0.342 e. The summed E-state index contributed by atoms with van der Waals surface area (Å²) in [6.07, 6.45) is 8.83. The van der Waals surface area contributed by atoms with Crippen molar-refractivity contribution in [3.05, 3.63) is 48.0 Å². The van der Waals surface area contributed by atoms with Gasteiger partial charge in [0.25, 0.3) is 0 Å². The van der Waals surface area contributed by atoms with Gasteiger partial charge in [0.1, 0.15) is 0 Å². The third-order valence-electron chi connectivity index (χ3n) is 6.43. The minimum atomic E-state index is 0.303. The lowest BCUT2D eigenvalue weighted by atomic mass is 9.72. The molecule has 2 aliphatic heterocycles. The van der Waals surface area contributed by atoms with Crippen molar-refractivity contribution in [2.45, 2.75) is 52.1 Å². The van der Waals surface area contributed by atoms with Crippen LogP contribution in [0.2, 0.25) is 0 Å². The zero-order valence-electron chi connectivity index (χ0n) is 16.9. The lowest BCUT2D eigenvalue weighted by molar-refractivity contribution is -0.139. The first kappa shape index (κ1) is 19.1. The highest BCUT2D eigenvalue weighted by atomic mass is 16.2. The molecular weight excluding hydrogens is 350 g/mol. The van der Waals surface area contributed by atoms with Crippen molar-refractivity contribution in [3.63, 3.8) is 0 Å². The second-order valence-electron chi connectivity index (χ2n) is 8.33. The Hall–Kier alpha value is -2.21. The summed E-state index contributed by atoms with van der Waals surface area (Å²) in [6, 6.07) is 8.13. The Kier molecular flexibility index (Phi) is 5.76. The van der Waals surface area contributed by atoms with Gasteiger partial charge in [-0.05, 0) is 62.9 Å². The highest BCUT2D eigenvalue weighted by molar-refractivity contribution is 5.77. The normalized spacial score (nSPS) is 20.0. The molecule has 4 rings (SSSR count). The maximum absolute atomic E-state index is 12.5. The van der Waals surface area contributed by atoms with Crippen LogP contribution in [0.25, 0.3) is 0 Å². The third kappa shape index (κ3) is 4.43. The van der Waals surface area contributed by atoms with Crippen molar-refractivity contribution in [1.29, 1.82) is 0 Å². The molecule has 2 aromatic heterocycles. The van der Waals surface area contributed by atoms with Crippen LogP contribution in [0.4, 0.5) is 0 Å². The molecule has 0 aromatic carbocycles. The molecule has 0 saturated carbocycles. The Morgan fingerprint density at radius 1 is 1.11 bits per heavy atom. The number of amides is 1. The quantitative estimate of drug-likeness (QED) is 0.772. The van der Waals surface area contributed by atoms with Crippen molar-refractivity contribution >= 4 is 5.91 Å². The molecule has 0 atom stereocenters. The number of carbonyl (C=O) groups is 1. The number of piperidine rings is 2. The number of hydrogen-bond acceptors (Lipinski definition) is 4. The first-order valence-electron chi connectivity index (χ1n) is 10.6. The molecular formula is C22H31N5O. The second-order valence-corrected chi connectivity index (χ2v) is 8.33. The molecule has 2 aromatic rings. The van der Waals surface area contributed by atoms with E-state index >= 15 is 0 Å². The summed E-state index contributed by atoms with van der Waals surface area (Å²) in [5.41, 5.74) is 2.53. The van der Waals surface area contributed by atoms with Crippen LogP contribution in [-0.4, -0.2) is 56.7 Å². The van der Waals surface area contributed by atoms with Gasteiger partial charge >= 0.3 is 0 Å². The summed E-state index contributed by atoms with van der Waals surface area (Å²) >= 11 is 0. The zero-order valence-corrected chi connectivity index (χ0v) is 16.9. The Labute approximate surface area is 167 Å². The largest absolute Gasteiger partial charge is 0.342 e. The molecule has 0 bridgehead atoms. The minimum absolute atomic E-state index is 0.303. The summed E-state index contributed by atoms with van der Waals surface area (Å²) < 4.78 is 1.99. The standard InChI is InChI=1S/C22H31N5O/c1-2-27-14-8-20(24-27)17-25-15-10-22(11-16-25)9-6-21(28)26(18-22)13-7-19-5-3-4-12-23-19/h3-5,8,12,14H,2,6-7,9-11,13,15-18H2,1H3. The van der Waals surface area contributed by atoms with Crippen LogP contribution >= 0.6 is 0 Å². The Morgan fingerprint density at radius 2 is 1.96 bits per heavy atom. The molecule has 0 radical (unpaired) electrons. The van der Waals surface area contributed by atoms with Gasteiger partial charge in [0.2, 0.25) is 5.91 Å². The van der Waals surface area contributed by atoms with Gasteiger partial charge in [-0.2, -0.15) is 5.10 Å². The molecule has 6 nitrogen and oxygen atoms in total. The van der Waals surface area contributed by atoms with Crippen LogP contribution < -0.4 is 0 Å². The molecule has 1 spiro atoms. The maximum atomic E-state index is 12.5. The van der Waals surface area contributed by atoms with E-state index in [1.165, 1.54) is 12.8 Å². The van der Waals surface area contributed by atoms with Crippen LogP contribution in [0.5, 0.6) is 0 Å². The molecule has 2 fully saturated rings. The number of aryl methyl sites for hydroxylation is 1. The van der Waals surface area contributed by atoms with Crippen molar-refractivity contribution in [2.24, 2.45) is 5.41 Å². The lowest BCUT2D eigenvalue weighted by Crippen LogP contribution is -2.51. The predicted octanol–water partition coefficient (Wildman–Crippen LogP) is 2.75. The molecule has 0 N–H and O–H groups in total. The first-order chi connectivity index (χ1) is 13.7. The number of nitrogens with zero attached hydrogens (tertiary/aromatic N) is 5. The summed E-state index contributed by atoms with van der Waals surface area (Å²) in [5.74, 6) is 0.314. The molecule has 0 aliphatic carbocycles. The topological polar surface area (TPSA) is 54.3 Å². The molecule has 6 heteroatoms. The van der Waals surface area contributed by atoms with Crippen LogP contribution in [0, 0.1) is 5.41 Å². The van der Waals surface area contributed by atoms with Gasteiger partial charge in [-0.1, -0.05) is 6.07 Å².